The fourth-order valence-electron chi connectivity index (χ4n) is 0.986. The molecule has 0 radical (unpaired) electrons. The lowest BCUT2D eigenvalue weighted by molar-refractivity contribution is 0.591. The van der Waals surface area contributed by atoms with Crippen LogP contribution in [0.1, 0.15) is 31.2 Å². The topological polar surface area (TPSA) is 23.8 Å². The predicted molar refractivity (Wildman–Crippen MR) is 47.7 cm³/mol. The normalized spacial score (nSPS) is 11.1. The monoisotopic (exact) mass is 165 g/mol. The Morgan fingerprint density at radius 1 is 1.45 bits per heavy atom. The Morgan fingerprint density at radius 2 is 2.09 bits per heavy atom. The second-order valence-corrected chi connectivity index (χ2v) is 4.44. The third kappa shape index (κ3) is 1.61. The van der Waals surface area contributed by atoms with Crippen molar-refractivity contribution >= 4 is 11.3 Å². The quantitative estimate of drug-likeness (QED) is 0.580. The van der Waals surface area contributed by atoms with Crippen molar-refractivity contribution in [3.05, 3.63) is 21.9 Å². The van der Waals surface area contributed by atoms with E-state index in [2.05, 4.69) is 26.8 Å². The zero-order chi connectivity index (χ0) is 8.48. The van der Waals surface area contributed by atoms with Crippen LogP contribution >= 0.6 is 11.3 Å². The first-order valence-corrected chi connectivity index (χ1v) is 4.42. The lowest BCUT2D eigenvalue weighted by atomic mass is 9.88. The first-order chi connectivity index (χ1) is 5.05. The number of hydrogen-bond acceptors (Lipinski definition) is 2. The van der Waals surface area contributed by atoms with Gasteiger partial charge >= 0.3 is 0 Å². The molecule has 0 aromatic carbocycles. The van der Waals surface area contributed by atoms with Crippen molar-refractivity contribution < 1.29 is 0 Å². The Morgan fingerprint density at radius 3 is 2.45 bits per heavy atom. The van der Waals surface area contributed by atoms with Crippen LogP contribution < -0.4 is 0 Å². The summed E-state index contributed by atoms with van der Waals surface area (Å²) >= 11 is 1.52. The molecular formula is C9H11NS. The molecular weight excluding hydrogens is 154 g/mol. The molecule has 1 rings (SSSR count). The first-order valence-electron chi connectivity index (χ1n) is 3.54. The van der Waals surface area contributed by atoms with Gasteiger partial charge in [-0.3, -0.25) is 0 Å². The van der Waals surface area contributed by atoms with Gasteiger partial charge in [-0.15, -0.1) is 11.3 Å². The highest BCUT2D eigenvalue weighted by molar-refractivity contribution is 7.10. The molecule has 0 bridgehead atoms. The Hall–Kier alpha value is -0.810. The second-order valence-electron chi connectivity index (χ2n) is 3.53. The summed E-state index contributed by atoms with van der Waals surface area (Å²) in [5.74, 6) is 0. The largest absolute Gasteiger partial charge is 0.192 e. The Kier molecular flexibility index (Phi) is 2.01. The van der Waals surface area contributed by atoms with E-state index in [4.69, 9.17) is 5.26 Å². The summed E-state index contributed by atoms with van der Waals surface area (Å²) in [6.07, 6.45) is 0. The first kappa shape index (κ1) is 8.29. The Bertz CT molecular complexity index is 285. The summed E-state index contributed by atoms with van der Waals surface area (Å²) in [4.78, 5) is 0.845. The number of nitrogens with zero attached hydrogens (tertiary/aromatic N) is 1. The van der Waals surface area contributed by atoms with Crippen molar-refractivity contribution in [3.8, 4) is 6.07 Å². The van der Waals surface area contributed by atoms with E-state index in [1.54, 1.807) is 0 Å². The van der Waals surface area contributed by atoms with Crippen LogP contribution in [0.3, 0.4) is 0 Å². The van der Waals surface area contributed by atoms with E-state index in [1.807, 2.05) is 11.4 Å². The molecule has 0 aliphatic rings. The molecule has 0 N–H and O–H groups in total. The summed E-state index contributed by atoms with van der Waals surface area (Å²) in [6.45, 7) is 6.36. The van der Waals surface area contributed by atoms with Crippen LogP contribution in [0.2, 0.25) is 0 Å². The molecule has 0 saturated heterocycles. The molecule has 1 nitrogen and oxygen atoms in total. The lowest BCUT2D eigenvalue weighted by Crippen LogP contribution is -2.10. The van der Waals surface area contributed by atoms with Crippen LogP contribution in [0.15, 0.2) is 11.4 Å². The summed E-state index contributed by atoms with van der Waals surface area (Å²) < 4.78 is 0. The van der Waals surface area contributed by atoms with Gasteiger partial charge in [-0.25, -0.2) is 0 Å². The van der Waals surface area contributed by atoms with Crippen LogP contribution in [0, 0.1) is 11.3 Å². The molecule has 0 aliphatic heterocycles. The van der Waals surface area contributed by atoms with Crippen molar-refractivity contribution in [2.75, 3.05) is 0 Å². The molecule has 0 spiro atoms. The van der Waals surface area contributed by atoms with E-state index < -0.39 is 0 Å². The van der Waals surface area contributed by atoms with Crippen molar-refractivity contribution in [1.82, 2.24) is 0 Å². The maximum Gasteiger partial charge on any atom is 0.110 e. The van der Waals surface area contributed by atoms with Crippen LogP contribution in [0.5, 0.6) is 0 Å². The number of thiophene rings is 1. The van der Waals surface area contributed by atoms with Crippen molar-refractivity contribution in [2.24, 2.45) is 0 Å². The van der Waals surface area contributed by atoms with Gasteiger partial charge in [0.15, 0.2) is 0 Å². The van der Waals surface area contributed by atoms with Gasteiger partial charge in [-0.05, 0) is 22.4 Å². The van der Waals surface area contributed by atoms with Gasteiger partial charge in [0.1, 0.15) is 10.9 Å². The maximum atomic E-state index is 8.73. The van der Waals surface area contributed by atoms with E-state index in [1.165, 1.54) is 11.3 Å². The third-order valence-corrected chi connectivity index (χ3v) is 2.39. The fourth-order valence-corrected chi connectivity index (χ4v) is 1.88. The molecule has 2 heteroatoms. The van der Waals surface area contributed by atoms with E-state index in [-0.39, 0.29) is 5.41 Å². The SMILES string of the molecule is CC(C)(C)c1ccsc1C#N. The van der Waals surface area contributed by atoms with E-state index in [0.717, 1.165) is 10.4 Å². The molecule has 58 valence electrons. The standard InChI is InChI=1S/C9H11NS/c1-9(2,3)7-4-5-11-8(7)6-10/h4-5H,1-3H3. The van der Waals surface area contributed by atoms with Crippen LogP contribution in [-0.2, 0) is 5.41 Å². The highest BCUT2D eigenvalue weighted by Crippen LogP contribution is 2.28. The van der Waals surface area contributed by atoms with Gasteiger partial charge in [-0.2, -0.15) is 5.26 Å². The maximum absolute atomic E-state index is 8.73. The molecule has 0 amide bonds. The van der Waals surface area contributed by atoms with E-state index in [9.17, 15) is 0 Å². The molecule has 0 saturated carbocycles. The van der Waals surface area contributed by atoms with Crippen LogP contribution in [-0.4, -0.2) is 0 Å². The molecule has 0 fully saturated rings. The second kappa shape index (κ2) is 2.67. The van der Waals surface area contributed by atoms with E-state index >= 15 is 0 Å². The highest BCUT2D eigenvalue weighted by Gasteiger charge is 2.18. The number of hydrogen-bond donors (Lipinski definition) is 0. The van der Waals surface area contributed by atoms with Crippen molar-refractivity contribution in [1.29, 1.82) is 5.26 Å². The zero-order valence-corrected chi connectivity index (χ0v) is 7.83. The molecule has 11 heavy (non-hydrogen) atoms. The van der Waals surface area contributed by atoms with E-state index in [0.29, 0.717) is 0 Å². The predicted octanol–water partition coefficient (Wildman–Crippen LogP) is 2.92. The van der Waals surface area contributed by atoms with Gasteiger partial charge in [0, 0.05) is 0 Å². The minimum atomic E-state index is 0.102. The summed E-state index contributed by atoms with van der Waals surface area (Å²) in [5.41, 5.74) is 1.26. The minimum Gasteiger partial charge on any atom is -0.192 e. The van der Waals surface area contributed by atoms with Gasteiger partial charge in [-0.1, -0.05) is 20.8 Å². The Balaban J connectivity index is 3.15. The van der Waals surface area contributed by atoms with Gasteiger partial charge in [0.2, 0.25) is 0 Å². The molecule has 0 unspecified atom stereocenters. The van der Waals surface area contributed by atoms with Gasteiger partial charge in [0.25, 0.3) is 0 Å². The molecule has 0 aliphatic carbocycles. The van der Waals surface area contributed by atoms with Crippen LogP contribution in [0.4, 0.5) is 0 Å². The molecule has 1 aromatic rings. The summed E-state index contributed by atoms with van der Waals surface area (Å²) in [5, 5.41) is 10.7. The summed E-state index contributed by atoms with van der Waals surface area (Å²) in [6, 6.07) is 4.23. The number of rotatable bonds is 0. The third-order valence-electron chi connectivity index (χ3n) is 1.57. The Labute approximate surface area is 71.3 Å². The zero-order valence-electron chi connectivity index (χ0n) is 7.01. The molecule has 0 atom stereocenters. The average Bonchev–Trinajstić information content (AvgIpc) is 2.31. The van der Waals surface area contributed by atoms with Crippen molar-refractivity contribution in [3.63, 3.8) is 0 Å². The lowest BCUT2D eigenvalue weighted by Gasteiger charge is -2.16. The fraction of sp³-hybridized carbons (Fsp3) is 0.444. The van der Waals surface area contributed by atoms with Gasteiger partial charge < -0.3 is 0 Å². The summed E-state index contributed by atoms with van der Waals surface area (Å²) in [7, 11) is 0. The van der Waals surface area contributed by atoms with Crippen LogP contribution in [0.25, 0.3) is 0 Å². The van der Waals surface area contributed by atoms with Crippen molar-refractivity contribution in [2.45, 2.75) is 26.2 Å². The molecule has 1 aromatic heterocycles. The molecule has 1 heterocycles. The highest BCUT2D eigenvalue weighted by atomic mass is 32.1. The number of nitriles is 1. The minimum absolute atomic E-state index is 0.102. The average molecular weight is 165 g/mol. The smallest absolute Gasteiger partial charge is 0.110 e. The van der Waals surface area contributed by atoms with Gasteiger partial charge in [0.05, 0.1) is 0 Å².